The molecule has 0 aliphatic heterocycles. The molecule has 138 valence electrons. The lowest BCUT2D eigenvalue weighted by molar-refractivity contribution is 0.0697. The topological polar surface area (TPSA) is 82.2 Å². The molecule has 0 aromatic heterocycles. The largest absolute Gasteiger partial charge is 0.507 e. The fourth-order valence-electron chi connectivity index (χ4n) is 2.67. The second-order valence-electron chi connectivity index (χ2n) is 8.41. The maximum atomic E-state index is 11.3. The predicted molar refractivity (Wildman–Crippen MR) is 103 cm³/mol. The third-order valence-corrected chi connectivity index (χ3v) is 4.12. The zero-order valence-electron chi connectivity index (χ0n) is 16.2. The summed E-state index contributed by atoms with van der Waals surface area (Å²) in [6, 6.07) is 10.1. The van der Waals surface area contributed by atoms with Crippen molar-refractivity contribution in [3.63, 3.8) is 0 Å². The van der Waals surface area contributed by atoms with Crippen molar-refractivity contribution in [2.24, 2.45) is 10.2 Å². The van der Waals surface area contributed by atoms with E-state index in [9.17, 15) is 15.0 Å². The molecule has 0 bridgehead atoms. The lowest BCUT2D eigenvalue weighted by atomic mass is 9.79. The number of azo groups is 1. The summed E-state index contributed by atoms with van der Waals surface area (Å²) in [6.07, 6.45) is 0. The molecule has 5 heteroatoms. The van der Waals surface area contributed by atoms with Crippen molar-refractivity contribution in [1.29, 1.82) is 0 Å². The molecular weight excluding hydrogens is 328 g/mol. The minimum absolute atomic E-state index is 0.0992. The average Bonchev–Trinajstić information content (AvgIpc) is 2.51. The highest BCUT2D eigenvalue weighted by atomic mass is 16.4. The zero-order valence-corrected chi connectivity index (χ0v) is 16.2. The highest BCUT2D eigenvalue weighted by Gasteiger charge is 2.26. The quantitative estimate of drug-likeness (QED) is 0.653. The van der Waals surface area contributed by atoms with Gasteiger partial charge in [0.25, 0.3) is 0 Å². The normalized spacial score (nSPS) is 12.5. The van der Waals surface area contributed by atoms with E-state index in [0.29, 0.717) is 11.4 Å². The molecule has 0 fully saturated rings. The molecule has 26 heavy (non-hydrogen) atoms. The number of rotatable bonds is 3. The van der Waals surface area contributed by atoms with Gasteiger partial charge in [0, 0.05) is 11.1 Å². The van der Waals surface area contributed by atoms with Gasteiger partial charge in [-0.15, -0.1) is 5.11 Å². The van der Waals surface area contributed by atoms with Crippen molar-refractivity contribution in [1.82, 2.24) is 0 Å². The van der Waals surface area contributed by atoms with Gasteiger partial charge in [0.2, 0.25) is 0 Å². The number of benzene rings is 2. The lowest BCUT2D eigenvalue weighted by Gasteiger charge is -2.27. The first-order valence-corrected chi connectivity index (χ1v) is 8.53. The van der Waals surface area contributed by atoms with Crippen molar-refractivity contribution < 1.29 is 15.0 Å². The van der Waals surface area contributed by atoms with Crippen LogP contribution in [0.5, 0.6) is 5.75 Å². The third kappa shape index (κ3) is 4.28. The van der Waals surface area contributed by atoms with E-state index in [1.54, 1.807) is 30.3 Å². The lowest BCUT2D eigenvalue weighted by Crippen LogP contribution is -2.16. The first-order chi connectivity index (χ1) is 11.9. The number of hydrogen-bond donors (Lipinski definition) is 2. The van der Waals surface area contributed by atoms with Crippen molar-refractivity contribution >= 4 is 17.3 Å². The monoisotopic (exact) mass is 354 g/mol. The standard InChI is InChI=1S/C21H26N2O3/c1-20(2,3)15-11-13(12-16(18(15)24)21(4,5)6)22-23-17-10-8-7-9-14(17)19(25)26/h7-12,24H,1-6H3,(H,25,26). The second kappa shape index (κ2) is 6.90. The van der Waals surface area contributed by atoms with Crippen LogP contribution in [-0.4, -0.2) is 16.2 Å². The Morgan fingerprint density at radius 1 is 0.885 bits per heavy atom. The first-order valence-electron chi connectivity index (χ1n) is 8.53. The van der Waals surface area contributed by atoms with Crippen LogP contribution >= 0.6 is 0 Å². The molecule has 0 saturated carbocycles. The summed E-state index contributed by atoms with van der Waals surface area (Å²) < 4.78 is 0. The van der Waals surface area contributed by atoms with E-state index >= 15 is 0 Å². The maximum absolute atomic E-state index is 11.3. The van der Waals surface area contributed by atoms with E-state index in [4.69, 9.17) is 0 Å². The van der Waals surface area contributed by atoms with E-state index in [1.165, 1.54) is 6.07 Å². The van der Waals surface area contributed by atoms with Gasteiger partial charge in [0.05, 0.1) is 11.3 Å². The molecule has 0 spiro atoms. The van der Waals surface area contributed by atoms with Gasteiger partial charge < -0.3 is 10.2 Å². The summed E-state index contributed by atoms with van der Waals surface area (Å²) >= 11 is 0. The van der Waals surface area contributed by atoms with E-state index < -0.39 is 5.97 Å². The van der Waals surface area contributed by atoms with Gasteiger partial charge in [0.15, 0.2) is 0 Å². The fourth-order valence-corrected chi connectivity index (χ4v) is 2.67. The molecule has 2 aromatic rings. The summed E-state index contributed by atoms with van der Waals surface area (Å²) in [5, 5.41) is 28.4. The molecule has 0 unspecified atom stereocenters. The highest BCUT2D eigenvalue weighted by Crippen LogP contribution is 2.42. The molecule has 0 atom stereocenters. The molecule has 0 aliphatic carbocycles. The van der Waals surface area contributed by atoms with Gasteiger partial charge in [-0.3, -0.25) is 0 Å². The van der Waals surface area contributed by atoms with Crippen LogP contribution in [0.25, 0.3) is 0 Å². The summed E-state index contributed by atoms with van der Waals surface area (Å²) in [5.74, 6) is -0.772. The van der Waals surface area contributed by atoms with Gasteiger partial charge in [0.1, 0.15) is 11.4 Å². The Hall–Kier alpha value is -2.69. The third-order valence-electron chi connectivity index (χ3n) is 4.12. The predicted octanol–water partition coefficient (Wildman–Crippen LogP) is 6.10. The Morgan fingerprint density at radius 3 is 1.85 bits per heavy atom. The van der Waals surface area contributed by atoms with Crippen LogP contribution in [-0.2, 0) is 10.8 Å². The number of hydrogen-bond acceptors (Lipinski definition) is 4. The van der Waals surface area contributed by atoms with Crippen molar-refractivity contribution in [3.8, 4) is 5.75 Å². The molecule has 5 nitrogen and oxygen atoms in total. The molecule has 0 heterocycles. The van der Waals surface area contributed by atoms with Crippen LogP contribution in [0.4, 0.5) is 11.4 Å². The van der Waals surface area contributed by atoms with Crippen LogP contribution in [0, 0.1) is 0 Å². The van der Waals surface area contributed by atoms with Crippen LogP contribution in [0.2, 0.25) is 0 Å². The zero-order chi connectivity index (χ0) is 19.7. The molecule has 2 rings (SSSR count). The average molecular weight is 354 g/mol. The molecule has 0 saturated heterocycles. The minimum atomic E-state index is -1.05. The van der Waals surface area contributed by atoms with E-state index in [-0.39, 0.29) is 22.1 Å². The number of aromatic hydroxyl groups is 1. The summed E-state index contributed by atoms with van der Waals surface area (Å²) in [7, 11) is 0. The minimum Gasteiger partial charge on any atom is -0.507 e. The van der Waals surface area contributed by atoms with Crippen molar-refractivity contribution in [2.45, 2.75) is 52.4 Å². The summed E-state index contributed by atoms with van der Waals surface area (Å²) in [5.41, 5.74) is 2.00. The number of carbonyl (C=O) groups is 1. The first kappa shape index (κ1) is 19.6. The molecule has 0 aliphatic rings. The smallest absolute Gasteiger partial charge is 0.337 e. The molecule has 2 N–H and O–H groups in total. The van der Waals surface area contributed by atoms with E-state index in [1.807, 2.05) is 41.5 Å². The van der Waals surface area contributed by atoms with E-state index in [0.717, 1.165) is 11.1 Å². The van der Waals surface area contributed by atoms with E-state index in [2.05, 4.69) is 10.2 Å². The number of carboxylic acids is 1. The number of carboxylic acid groups (broad SMARTS) is 1. The highest BCUT2D eigenvalue weighted by molar-refractivity contribution is 5.93. The van der Waals surface area contributed by atoms with Gasteiger partial charge in [-0.05, 0) is 35.1 Å². The number of phenolic OH excluding ortho intramolecular Hbond substituents is 1. The molecule has 2 aromatic carbocycles. The number of nitrogens with zero attached hydrogens (tertiary/aromatic N) is 2. The number of phenols is 1. The molecular formula is C21H26N2O3. The Bertz CT molecular complexity index is 821. The Kier molecular flexibility index (Phi) is 5.21. The Morgan fingerprint density at radius 2 is 1.38 bits per heavy atom. The second-order valence-corrected chi connectivity index (χ2v) is 8.41. The summed E-state index contributed by atoms with van der Waals surface area (Å²) in [4.78, 5) is 11.3. The van der Waals surface area contributed by atoms with Gasteiger partial charge in [-0.2, -0.15) is 5.11 Å². The van der Waals surface area contributed by atoms with Crippen LogP contribution in [0.15, 0.2) is 46.6 Å². The van der Waals surface area contributed by atoms with Crippen molar-refractivity contribution in [3.05, 3.63) is 53.1 Å². The fraction of sp³-hybridized carbons (Fsp3) is 0.381. The van der Waals surface area contributed by atoms with Gasteiger partial charge in [-0.1, -0.05) is 53.7 Å². The maximum Gasteiger partial charge on any atom is 0.337 e. The van der Waals surface area contributed by atoms with Crippen LogP contribution in [0.3, 0.4) is 0 Å². The Labute approximate surface area is 154 Å². The van der Waals surface area contributed by atoms with Crippen LogP contribution in [0.1, 0.15) is 63.0 Å². The number of aromatic carboxylic acids is 1. The van der Waals surface area contributed by atoms with Gasteiger partial charge >= 0.3 is 5.97 Å². The summed E-state index contributed by atoms with van der Waals surface area (Å²) in [6.45, 7) is 12.1. The molecule has 0 amide bonds. The van der Waals surface area contributed by atoms with Crippen molar-refractivity contribution in [2.75, 3.05) is 0 Å². The van der Waals surface area contributed by atoms with Gasteiger partial charge in [-0.25, -0.2) is 4.79 Å². The molecule has 0 radical (unpaired) electrons. The Balaban J connectivity index is 2.59. The van der Waals surface area contributed by atoms with Crippen LogP contribution < -0.4 is 0 Å². The SMILES string of the molecule is CC(C)(C)c1cc(N=Nc2ccccc2C(=O)O)cc(C(C)(C)C)c1O.